The molecule has 0 aliphatic heterocycles. The number of pyridine rings is 1. The molecule has 1 amide bonds. The minimum atomic E-state index is -4.52. The van der Waals surface area contributed by atoms with Crippen molar-refractivity contribution in [2.75, 3.05) is 6.26 Å². The number of carbonyl (C=O) groups is 1. The zero-order valence-corrected chi connectivity index (χ0v) is 14.3. The van der Waals surface area contributed by atoms with Gasteiger partial charge in [-0.3, -0.25) is 4.79 Å². The van der Waals surface area contributed by atoms with Crippen molar-refractivity contribution >= 4 is 15.9 Å². The number of alkyl halides is 3. The minimum absolute atomic E-state index is 0.00197. The van der Waals surface area contributed by atoms with Crippen LogP contribution in [0.1, 0.15) is 41.4 Å². The fourth-order valence-electron chi connectivity index (χ4n) is 2.17. The average Bonchev–Trinajstić information content (AvgIpc) is 2.89. The third-order valence-corrected chi connectivity index (χ3v) is 3.72. The number of sulfonamides is 1. The number of amides is 1. The van der Waals surface area contributed by atoms with Gasteiger partial charge in [0.25, 0.3) is 5.91 Å². The summed E-state index contributed by atoms with van der Waals surface area (Å²) < 4.78 is 63.4. The Labute approximate surface area is 141 Å². The van der Waals surface area contributed by atoms with Gasteiger partial charge in [-0.2, -0.15) is 18.3 Å². The van der Waals surface area contributed by atoms with Crippen molar-refractivity contribution in [2.45, 2.75) is 25.9 Å². The van der Waals surface area contributed by atoms with E-state index in [9.17, 15) is 26.4 Å². The van der Waals surface area contributed by atoms with Gasteiger partial charge in [-0.05, 0) is 18.1 Å². The first-order valence-electron chi connectivity index (χ1n) is 7.04. The standard InChI is InChI=1S/C14H15F3N4O3S/c1-8(2)12-10(13(22)20-25(3,23)24)7-19-21(12)11-5-4-9(6-18-11)14(15,16)17/h4-8H,1-3H3,(H,20,22). The summed E-state index contributed by atoms with van der Waals surface area (Å²) in [6, 6.07) is 1.98. The van der Waals surface area contributed by atoms with E-state index in [-0.39, 0.29) is 17.3 Å². The fraction of sp³-hybridized carbons (Fsp3) is 0.357. The molecule has 0 aromatic carbocycles. The van der Waals surface area contributed by atoms with Gasteiger partial charge in [-0.15, -0.1) is 0 Å². The molecule has 1 N–H and O–H groups in total. The summed E-state index contributed by atoms with van der Waals surface area (Å²) in [6.07, 6.45) is -1.87. The van der Waals surface area contributed by atoms with E-state index in [1.54, 1.807) is 13.8 Å². The lowest BCUT2D eigenvalue weighted by atomic mass is 10.1. The topological polar surface area (TPSA) is 94.0 Å². The molecule has 0 aliphatic rings. The van der Waals surface area contributed by atoms with Gasteiger partial charge in [0, 0.05) is 6.20 Å². The molecule has 0 spiro atoms. The highest BCUT2D eigenvalue weighted by atomic mass is 32.2. The maximum Gasteiger partial charge on any atom is 0.417 e. The first kappa shape index (κ1) is 18.9. The predicted molar refractivity (Wildman–Crippen MR) is 82.8 cm³/mol. The van der Waals surface area contributed by atoms with Crippen LogP contribution in [0.4, 0.5) is 13.2 Å². The fourth-order valence-corrected chi connectivity index (χ4v) is 2.62. The van der Waals surface area contributed by atoms with Crippen LogP contribution < -0.4 is 4.72 Å². The largest absolute Gasteiger partial charge is 0.417 e. The number of carbonyl (C=O) groups excluding carboxylic acids is 1. The van der Waals surface area contributed by atoms with E-state index in [0.717, 1.165) is 24.6 Å². The van der Waals surface area contributed by atoms with Gasteiger partial charge in [-0.1, -0.05) is 13.8 Å². The van der Waals surface area contributed by atoms with Crippen LogP contribution in [0.2, 0.25) is 0 Å². The summed E-state index contributed by atoms with van der Waals surface area (Å²) in [5, 5.41) is 3.97. The molecule has 2 rings (SSSR count). The monoisotopic (exact) mass is 376 g/mol. The Kier molecular flexibility index (Phi) is 4.89. The van der Waals surface area contributed by atoms with Crippen LogP contribution in [0, 0.1) is 0 Å². The van der Waals surface area contributed by atoms with E-state index < -0.39 is 27.7 Å². The van der Waals surface area contributed by atoms with Crippen LogP contribution in [-0.2, 0) is 16.2 Å². The number of nitrogens with one attached hydrogen (secondary N) is 1. The maximum atomic E-state index is 12.6. The Bertz CT molecular complexity index is 887. The van der Waals surface area contributed by atoms with E-state index in [1.807, 2.05) is 4.72 Å². The zero-order valence-electron chi connectivity index (χ0n) is 13.5. The van der Waals surface area contributed by atoms with Crippen LogP contribution in [0.15, 0.2) is 24.5 Å². The van der Waals surface area contributed by atoms with Crippen molar-refractivity contribution in [3.8, 4) is 5.82 Å². The summed E-state index contributed by atoms with van der Waals surface area (Å²) in [6.45, 7) is 3.46. The van der Waals surface area contributed by atoms with Crippen molar-refractivity contribution in [2.24, 2.45) is 0 Å². The third kappa shape index (κ3) is 4.35. The lowest BCUT2D eigenvalue weighted by molar-refractivity contribution is -0.137. The van der Waals surface area contributed by atoms with E-state index in [2.05, 4.69) is 10.1 Å². The Morgan fingerprint density at radius 3 is 2.32 bits per heavy atom. The number of rotatable bonds is 4. The van der Waals surface area contributed by atoms with E-state index in [4.69, 9.17) is 0 Å². The summed E-state index contributed by atoms with van der Waals surface area (Å²) >= 11 is 0. The Hall–Kier alpha value is -2.43. The van der Waals surface area contributed by atoms with Crippen LogP contribution in [0.25, 0.3) is 5.82 Å². The van der Waals surface area contributed by atoms with Gasteiger partial charge in [-0.25, -0.2) is 22.8 Å². The molecule has 0 saturated carbocycles. The van der Waals surface area contributed by atoms with Gasteiger partial charge in [0.1, 0.15) is 0 Å². The Balaban J connectivity index is 2.48. The first-order chi connectivity index (χ1) is 11.4. The normalized spacial score (nSPS) is 12.4. The molecular weight excluding hydrogens is 361 g/mol. The molecule has 0 atom stereocenters. The lowest BCUT2D eigenvalue weighted by Gasteiger charge is -2.13. The Morgan fingerprint density at radius 2 is 1.88 bits per heavy atom. The molecule has 0 bridgehead atoms. The molecule has 2 aromatic rings. The number of hydrogen-bond donors (Lipinski definition) is 1. The molecule has 11 heteroatoms. The summed E-state index contributed by atoms with van der Waals surface area (Å²) in [7, 11) is -3.77. The van der Waals surface area contributed by atoms with Crippen LogP contribution in [0.3, 0.4) is 0 Å². The first-order valence-corrected chi connectivity index (χ1v) is 8.93. The van der Waals surface area contributed by atoms with Crippen molar-refractivity contribution in [3.05, 3.63) is 41.3 Å². The van der Waals surface area contributed by atoms with Gasteiger partial charge in [0.15, 0.2) is 5.82 Å². The van der Waals surface area contributed by atoms with Gasteiger partial charge < -0.3 is 0 Å². The molecule has 25 heavy (non-hydrogen) atoms. The minimum Gasteiger partial charge on any atom is -0.268 e. The van der Waals surface area contributed by atoms with Gasteiger partial charge >= 0.3 is 6.18 Å². The molecule has 0 fully saturated rings. The Morgan fingerprint density at radius 1 is 1.24 bits per heavy atom. The molecule has 2 aromatic heterocycles. The molecule has 0 radical (unpaired) electrons. The highest BCUT2D eigenvalue weighted by molar-refractivity contribution is 7.89. The molecule has 2 heterocycles. The highest BCUT2D eigenvalue weighted by Gasteiger charge is 2.31. The number of nitrogens with zero attached hydrogens (tertiary/aromatic N) is 3. The van der Waals surface area contributed by atoms with Crippen LogP contribution in [0.5, 0.6) is 0 Å². The smallest absolute Gasteiger partial charge is 0.268 e. The summed E-state index contributed by atoms with van der Waals surface area (Å²) in [5.41, 5.74) is -0.583. The third-order valence-electron chi connectivity index (χ3n) is 3.17. The summed E-state index contributed by atoms with van der Waals surface area (Å²) in [5.74, 6) is -1.06. The van der Waals surface area contributed by atoms with Gasteiger partial charge in [0.2, 0.25) is 10.0 Å². The second-order valence-electron chi connectivity index (χ2n) is 5.62. The van der Waals surface area contributed by atoms with Crippen LogP contribution in [-0.4, -0.2) is 35.3 Å². The molecule has 136 valence electrons. The zero-order chi connectivity index (χ0) is 19.0. The molecule has 7 nitrogen and oxygen atoms in total. The summed E-state index contributed by atoms with van der Waals surface area (Å²) in [4.78, 5) is 15.8. The molecular formula is C14H15F3N4O3S. The van der Waals surface area contributed by atoms with Crippen molar-refractivity contribution in [1.29, 1.82) is 0 Å². The van der Waals surface area contributed by atoms with E-state index in [1.165, 1.54) is 4.68 Å². The average molecular weight is 376 g/mol. The van der Waals surface area contributed by atoms with Crippen molar-refractivity contribution < 1.29 is 26.4 Å². The molecule has 0 saturated heterocycles. The van der Waals surface area contributed by atoms with E-state index >= 15 is 0 Å². The number of hydrogen-bond acceptors (Lipinski definition) is 5. The second kappa shape index (κ2) is 6.47. The van der Waals surface area contributed by atoms with E-state index in [0.29, 0.717) is 11.9 Å². The highest BCUT2D eigenvalue weighted by Crippen LogP contribution is 2.29. The predicted octanol–water partition coefficient (Wildman–Crippen LogP) is 2.10. The molecule has 0 aliphatic carbocycles. The number of halogens is 3. The second-order valence-corrected chi connectivity index (χ2v) is 7.36. The SMILES string of the molecule is CC(C)c1c(C(=O)NS(C)(=O)=O)cnn1-c1ccc(C(F)(F)F)cn1. The van der Waals surface area contributed by atoms with Crippen molar-refractivity contribution in [1.82, 2.24) is 19.5 Å². The maximum absolute atomic E-state index is 12.6. The van der Waals surface area contributed by atoms with Gasteiger partial charge in [0.05, 0.1) is 29.3 Å². The lowest BCUT2D eigenvalue weighted by Crippen LogP contribution is -2.30. The van der Waals surface area contributed by atoms with Crippen LogP contribution >= 0.6 is 0 Å². The molecule has 0 unspecified atom stereocenters. The van der Waals surface area contributed by atoms with Crippen molar-refractivity contribution in [3.63, 3.8) is 0 Å². The number of aromatic nitrogens is 3. The quantitative estimate of drug-likeness (QED) is 0.882.